The first-order valence-electron chi connectivity index (χ1n) is 16.8. The van der Waals surface area contributed by atoms with Crippen molar-refractivity contribution in [1.82, 2.24) is 20.1 Å². The summed E-state index contributed by atoms with van der Waals surface area (Å²) in [5, 5.41) is 12.9. The summed E-state index contributed by atoms with van der Waals surface area (Å²) in [6.45, 7) is 8.14. The molecule has 264 valence electrons. The van der Waals surface area contributed by atoms with Gasteiger partial charge >= 0.3 is 6.03 Å². The Morgan fingerprint density at radius 2 is 1.70 bits per heavy atom. The number of amides is 3. The van der Waals surface area contributed by atoms with Crippen molar-refractivity contribution in [2.24, 2.45) is 5.41 Å². The molecule has 3 aromatic rings. The van der Waals surface area contributed by atoms with Gasteiger partial charge in [0.15, 0.2) is 5.54 Å². The summed E-state index contributed by atoms with van der Waals surface area (Å²) in [4.78, 5) is 37.8. The highest BCUT2D eigenvalue weighted by molar-refractivity contribution is 7.93. The SMILES string of the molecule is CCOc1ncccc1[C@]1(NC(=O)N2CCC3(CCN(CC)CC3)CC2)C(=O)N(S(=O)(=O)c2ccc(OC)cc2OC)c2ccc(C#N)cc21. The molecule has 1 N–H and O–H groups in total. The first-order valence-corrected chi connectivity index (χ1v) is 18.3. The standard InChI is InChI=1S/C36H42N6O7S/c1-5-40-18-13-35(14-19-40)15-20-41(21-16-35)34(44)39-36(27-8-7-17-38-32(27)49-6-2)28-22-25(24-37)9-11-29(28)42(33(36)43)50(45,46)31-12-10-26(47-3)23-30(31)48-4/h7-12,17,22-23H,5-6,13-16,18-21H2,1-4H3,(H,39,44)/t36-/m1/s1. The Kier molecular flexibility index (Phi) is 9.65. The molecule has 2 fully saturated rings. The molecule has 2 saturated heterocycles. The number of urea groups is 1. The fourth-order valence-corrected chi connectivity index (χ4v) is 9.04. The summed E-state index contributed by atoms with van der Waals surface area (Å²) in [6, 6.07) is 13.1. The van der Waals surface area contributed by atoms with Crippen LogP contribution in [0.5, 0.6) is 17.4 Å². The van der Waals surface area contributed by atoms with Gasteiger partial charge in [0.2, 0.25) is 5.88 Å². The summed E-state index contributed by atoms with van der Waals surface area (Å²) in [5.41, 5.74) is -1.61. The van der Waals surface area contributed by atoms with Crippen molar-refractivity contribution < 1.29 is 32.2 Å². The molecule has 13 nitrogen and oxygen atoms in total. The Labute approximate surface area is 292 Å². The number of carbonyl (C=O) groups is 2. The predicted molar refractivity (Wildman–Crippen MR) is 185 cm³/mol. The number of nitrogens with one attached hydrogen (secondary N) is 1. The average molecular weight is 703 g/mol. The molecular formula is C36H42N6O7S. The Morgan fingerprint density at radius 1 is 0.980 bits per heavy atom. The number of anilines is 1. The summed E-state index contributed by atoms with van der Waals surface area (Å²) < 4.78 is 46.5. The van der Waals surface area contributed by atoms with Crippen LogP contribution in [0.3, 0.4) is 0 Å². The smallest absolute Gasteiger partial charge is 0.318 e. The molecule has 2 aromatic carbocycles. The summed E-state index contributed by atoms with van der Waals surface area (Å²) in [7, 11) is -1.93. The van der Waals surface area contributed by atoms with E-state index in [4.69, 9.17) is 14.2 Å². The number of methoxy groups -OCH3 is 2. The molecule has 0 saturated carbocycles. The van der Waals surface area contributed by atoms with Gasteiger partial charge in [0, 0.05) is 30.9 Å². The molecule has 0 unspecified atom stereocenters. The number of nitriles is 1. The van der Waals surface area contributed by atoms with E-state index in [2.05, 4.69) is 28.2 Å². The number of rotatable bonds is 9. The zero-order valence-electron chi connectivity index (χ0n) is 28.8. The first-order chi connectivity index (χ1) is 24.1. The molecule has 4 heterocycles. The van der Waals surface area contributed by atoms with Crippen LogP contribution in [0.2, 0.25) is 0 Å². The Balaban J connectivity index is 1.47. The van der Waals surface area contributed by atoms with E-state index in [1.807, 2.05) is 0 Å². The van der Waals surface area contributed by atoms with E-state index in [9.17, 15) is 18.5 Å². The van der Waals surface area contributed by atoms with E-state index < -0.39 is 27.5 Å². The number of ether oxygens (including phenoxy) is 3. The zero-order chi connectivity index (χ0) is 35.7. The second-order valence-electron chi connectivity index (χ2n) is 12.8. The highest BCUT2D eigenvalue weighted by Crippen LogP contribution is 2.50. The van der Waals surface area contributed by atoms with Gasteiger partial charge in [0.1, 0.15) is 16.4 Å². The predicted octanol–water partition coefficient (Wildman–Crippen LogP) is 4.26. The maximum Gasteiger partial charge on any atom is 0.318 e. The third kappa shape index (κ3) is 5.88. The van der Waals surface area contributed by atoms with E-state index in [0.29, 0.717) is 23.1 Å². The van der Waals surface area contributed by atoms with Crippen molar-refractivity contribution in [3.8, 4) is 23.4 Å². The molecule has 3 aliphatic rings. The van der Waals surface area contributed by atoms with Crippen molar-refractivity contribution in [2.45, 2.75) is 50.0 Å². The fraction of sp³-hybridized carbons (Fsp3) is 0.444. The van der Waals surface area contributed by atoms with Gasteiger partial charge in [-0.2, -0.15) is 9.57 Å². The van der Waals surface area contributed by atoms with Crippen LogP contribution < -0.4 is 23.8 Å². The van der Waals surface area contributed by atoms with Crippen LogP contribution >= 0.6 is 0 Å². The summed E-state index contributed by atoms with van der Waals surface area (Å²) >= 11 is 0. The molecule has 14 heteroatoms. The molecule has 3 aliphatic heterocycles. The van der Waals surface area contributed by atoms with Crippen LogP contribution in [0.15, 0.2) is 59.6 Å². The molecule has 6 rings (SSSR count). The summed E-state index contributed by atoms with van der Waals surface area (Å²) in [6.07, 6.45) is 5.27. The van der Waals surface area contributed by atoms with E-state index in [1.165, 1.54) is 56.8 Å². The van der Waals surface area contributed by atoms with Gasteiger partial charge in [0.05, 0.1) is 43.7 Å². The molecular weight excluding hydrogens is 660 g/mol. The average Bonchev–Trinajstić information content (AvgIpc) is 3.39. The normalized spacial score (nSPS) is 20.3. The molecule has 3 amide bonds. The lowest BCUT2D eigenvalue weighted by Gasteiger charge is -2.47. The second-order valence-corrected chi connectivity index (χ2v) is 14.6. The van der Waals surface area contributed by atoms with E-state index >= 15 is 4.79 Å². The lowest BCUT2D eigenvalue weighted by molar-refractivity contribution is -0.121. The number of piperidine rings is 2. The van der Waals surface area contributed by atoms with Gasteiger partial charge in [-0.1, -0.05) is 6.92 Å². The topological polar surface area (TPSA) is 154 Å². The van der Waals surface area contributed by atoms with Crippen molar-refractivity contribution in [2.75, 3.05) is 57.9 Å². The van der Waals surface area contributed by atoms with Crippen molar-refractivity contribution in [1.29, 1.82) is 5.26 Å². The molecule has 0 radical (unpaired) electrons. The lowest BCUT2D eigenvalue weighted by atomic mass is 9.71. The van der Waals surface area contributed by atoms with Gasteiger partial charge in [-0.15, -0.1) is 0 Å². The Hall–Kier alpha value is -4.87. The highest BCUT2D eigenvalue weighted by Gasteiger charge is 2.59. The quantitative estimate of drug-likeness (QED) is 0.342. The van der Waals surface area contributed by atoms with Crippen LogP contribution in [-0.2, 0) is 20.4 Å². The lowest BCUT2D eigenvalue weighted by Crippen LogP contribution is -2.59. The highest BCUT2D eigenvalue weighted by atomic mass is 32.2. The molecule has 0 aliphatic carbocycles. The van der Waals surface area contributed by atoms with Crippen molar-refractivity contribution in [3.05, 3.63) is 71.4 Å². The van der Waals surface area contributed by atoms with Gasteiger partial charge < -0.3 is 29.3 Å². The fourth-order valence-electron chi connectivity index (χ4n) is 7.43. The minimum Gasteiger partial charge on any atom is -0.497 e. The number of aromatic nitrogens is 1. The molecule has 1 aromatic heterocycles. The van der Waals surface area contributed by atoms with Crippen LogP contribution in [0.25, 0.3) is 0 Å². The van der Waals surface area contributed by atoms with Gasteiger partial charge in [0.25, 0.3) is 15.9 Å². The van der Waals surface area contributed by atoms with Crippen LogP contribution in [0, 0.1) is 16.7 Å². The number of carbonyl (C=O) groups excluding carboxylic acids is 2. The third-order valence-electron chi connectivity index (χ3n) is 10.4. The van der Waals surface area contributed by atoms with Crippen LogP contribution in [0.1, 0.15) is 56.2 Å². The van der Waals surface area contributed by atoms with Crippen molar-refractivity contribution in [3.63, 3.8) is 0 Å². The van der Waals surface area contributed by atoms with E-state index in [1.54, 1.807) is 24.0 Å². The number of nitrogens with zero attached hydrogens (tertiary/aromatic N) is 5. The largest absolute Gasteiger partial charge is 0.497 e. The number of pyridine rings is 1. The van der Waals surface area contributed by atoms with Crippen LogP contribution in [0.4, 0.5) is 10.5 Å². The maximum absolute atomic E-state index is 15.2. The minimum atomic E-state index is -4.69. The zero-order valence-corrected chi connectivity index (χ0v) is 29.6. The number of benzene rings is 2. The van der Waals surface area contributed by atoms with E-state index in [-0.39, 0.29) is 50.9 Å². The van der Waals surface area contributed by atoms with Gasteiger partial charge in [-0.25, -0.2) is 18.2 Å². The number of hydrogen-bond acceptors (Lipinski definition) is 10. The molecule has 1 atom stereocenters. The number of hydrogen-bond donors (Lipinski definition) is 1. The maximum atomic E-state index is 15.2. The molecule has 1 spiro atoms. The summed E-state index contributed by atoms with van der Waals surface area (Å²) in [5.74, 6) is -0.635. The number of sulfonamides is 1. The third-order valence-corrected chi connectivity index (χ3v) is 12.1. The van der Waals surface area contributed by atoms with Crippen molar-refractivity contribution >= 4 is 27.6 Å². The van der Waals surface area contributed by atoms with Gasteiger partial charge in [-0.05, 0) is 100 Å². The monoisotopic (exact) mass is 702 g/mol. The second kappa shape index (κ2) is 13.8. The van der Waals surface area contributed by atoms with E-state index in [0.717, 1.165) is 45.3 Å². The Bertz CT molecular complexity index is 1930. The Morgan fingerprint density at radius 3 is 2.34 bits per heavy atom. The van der Waals surface area contributed by atoms with Crippen LogP contribution in [-0.4, -0.2) is 88.7 Å². The number of likely N-dealkylation sites (tertiary alicyclic amines) is 2. The first kappa shape index (κ1) is 35.0. The number of fused-ring (bicyclic) bond motifs is 1. The molecule has 50 heavy (non-hydrogen) atoms. The molecule has 0 bridgehead atoms. The minimum absolute atomic E-state index is 0.0289. The van der Waals surface area contributed by atoms with Gasteiger partial charge in [-0.3, -0.25) is 4.79 Å².